The van der Waals surface area contributed by atoms with Gasteiger partial charge in [-0.2, -0.15) is 0 Å². The molecule has 0 fully saturated rings. The molecule has 0 amide bonds. The number of phosphoric acid groups is 1. The van der Waals surface area contributed by atoms with Crippen LogP contribution in [-0.2, 0) is 27.9 Å². The van der Waals surface area contributed by atoms with E-state index in [1.165, 1.54) is 77.0 Å². The van der Waals surface area contributed by atoms with E-state index >= 15 is 0 Å². The van der Waals surface area contributed by atoms with Gasteiger partial charge in [-0.1, -0.05) is 132 Å². The van der Waals surface area contributed by atoms with E-state index in [9.17, 15) is 19.4 Å². The summed E-state index contributed by atoms with van der Waals surface area (Å²) in [6.07, 6.45) is 46.1. The zero-order chi connectivity index (χ0) is 38.9. The van der Waals surface area contributed by atoms with E-state index in [1.807, 2.05) is 24.3 Å². The third-order valence-electron chi connectivity index (χ3n) is 8.24. The first-order chi connectivity index (χ1) is 25.8. The van der Waals surface area contributed by atoms with Gasteiger partial charge in [-0.25, -0.2) is 4.57 Å². The highest BCUT2D eigenvalue weighted by Crippen LogP contribution is 2.43. The minimum atomic E-state index is -4.33. The number of esters is 1. The average molecular weight is 766 g/mol. The maximum atomic E-state index is 12.5. The number of rotatable bonds is 38. The highest BCUT2D eigenvalue weighted by atomic mass is 31.2. The van der Waals surface area contributed by atoms with Crippen molar-refractivity contribution < 1.29 is 37.9 Å². The largest absolute Gasteiger partial charge is 0.498 e. The molecule has 0 saturated heterocycles. The Balaban J connectivity index is 4.34. The molecule has 0 aliphatic rings. The number of phosphoric ester groups is 1. The Morgan fingerprint density at radius 1 is 0.679 bits per heavy atom. The average Bonchev–Trinajstić information content (AvgIpc) is 3.14. The van der Waals surface area contributed by atoms with E-state index in [2.05, 4.69) is 44.2 Å². The Labute approximate surface area is 323 Å². The summed E-state index contributed by atoms with van der Waals surface area (Å²) in [6, 6.07) is 0. The zero-order valence-electron chi connectivity index (χ0n) is 33.3. The predicted octanol–water partition coefficient (Wildman–Crippen LogP) is 11.3. The van der Waals surface area contributed by atoms with E-state index < -0.39 is 26.0 Å². The minimum absolute atomic E-state index is 0.0256. The standard InChI is InChI=1S/C43H76NO8P/c1-3-5-7-9-11-13-14-15-16-17-18-19-21-23-28-32-37-49-39-42(40-51-53(47,48)50-38-36-44)52-43(46)35-31-27-24-26-30-34-41(45)33-29-25-22-20-12-10-8-6-4-2/h12,15-16,20,24-26,29-30,32,34,37,41-42,45H,3-11,13-14,17-19,21-23,27-28,31,33,35-36,38-40,44H2,1-2H3,(H,47,48)/b16-15-,20-12-,26-24+,29-25-,34-30-,37-32+/t41?,42-/m1/s1. The molecule has 306 valence electrons. The molecular weight excluding hydrogens is 689 g/mol. The lowest BCUT2D eigenvalue weighted by Crippen LogP contribution is -2.27. The van der Waals surface area contributed by atoms with E-state index in [1.54, 1.807) is 18.4 Å². The summed E-state index contributed by atoms with van der Waals surface area (Å²) in [6.45, 7) is 4.00. The second-order valence-electron chi connectivity index (χ2n) is 13.4. The van der Waals surface area contributed by atoms with Crippen molar-refractivity contribution in [3.8, 4) is 0 Å². The van der Waals surface area contributed by atoms with E-state index in [0.29, 0.717) is 19.3 Å². The summed E-state index contributed by atoms with van der Waals surface area (Å²) >= 11 is 0. The molecule has 0 bridgehead atoms. The van der Waals surface area contributed by atoms with E-state index in [0.717, 1.165) is 38.5 Å². The lowest BCUT2D eigenvalue weighted by Gasteiger charge is -2.19. The van der Waals surface area contributed by atoms with Gasteiger partial charge < -0.3 is 25.2 Å². The van der Waals surface area contributed by atoms with Gasteiger partial charge in [0.25, 0.3) is 0 Å². The molecule has 0 aromatic rings. The summed E-state index contributed by atoms with van der Waals surface area (Å²) in [4.78, 5) is 22.4. The van der Waals surface area contributed by atoms with E-state index in [-0.39, 0.29) is 32.8 Å². The van der Waals surface area contributed by atoms with Gasteiger partial charge in [-0.15, -0.1) is 0 Å². The lowest BCUT2D eigenvalue weighted by atomic mass is 10.1. The van der Waals surface area contributed by atoms with Crippen molar-refractivity contribution in [3.63, 3.8) is 0 Å². The summed E-state index contributed by atoms with van der Waals surface area (Å²) in [5, 5.41) is 10.1. The highest BCUT2D eigenvalue weighted by Gasteiger charge is 2.25. The van der Waals surface area contributed by atoms with Crippen LogP contribution in [0.1, 0.15) is 155 Å². The topological polar surface area (TPSA) is 138 Å². The molecule has 0 aliphatic heterocycles. The van der Waals surface area contributed by atoms with Crippen LogP contribution in [0.3, 0.4) is 0 Å². The van der Waals surface area contributed by atoms with Crippen LogP contribution in [0.2, 0.25) is 0 Å². The van der Waals surface area contributed by atoms with Crippen LogP contribution < -0.4 is 5.73 Å². The SMILES string of the molecule is CCCCC/C=C\C/C=C\CC(O)/C=C\C=C\CCCC(=O)O[C@H](CO/C=C/CCCCCC/C=C\CCCCCCCC)COP(=O)(O)OCCN. The van der Waals surface area contributed by atoms with Crippen LogP contribution in [0, 0.1) is 0 Å². The molecule has 0 aliphatic carbocycles. The first-order valence-corrected chi connectivity index (χ1v) is 22.1. The van der Waals surface area contributed by atoms with Gasteiger partial charge >= 0.3 is 13.8 Å². The van der Waals surface area contributed by atoms with Gasteiger partial charge in [-0.05, 0) is 83.1 Å². The van der Waals surface area contributed by atoms with Crippen molar-refractivity contribution in [2.75, 3.05) is 26.4 Å². The van der Waals surface area contributed by atoms with Crippen LogP contribution in [0.4, 0.5) is 0 Å². The van der Waals surface area contributed by atoms with Crippen LogP contribution in [0.15, 0.2) is 73.1 Å². The number of ether oxygens (including phenoxy) is 2. The Kier molecular flexibility index (Phi) is 37.8. The minimum Gasteiger partial charge on any atom is -0.498 e. The zero-order valence-corrected chi connectivity index (χ0v) is 34.2. The second kappa shape index (κ2) is 39.4. The third-order valence-corrected chi connectivity index (χ3v) is 9.22. The number of hydrogen-bond acceptors (Lipinski definition) is 8. The molecule has 0 radical (unpaired) electrons. The van der Waals surface area contributed by atoms with Crippen molar-refractivity contribution in [1.82, 2.24) is 0 Å². The summed E-state index contributed by atoms with van der Waals surface area (Å²) in [5.74, 6) is -0.457. The molecule has 0 spiro atoms. The summed E-state index contributed by atoms with van der Waals surface area (Å²) in [7, 11) is -4.33. The molecule has 9 nitrogen and oxygen atoms in total. The number of aliphatic hydroxyl groups excluding tert-OH is 1. The summed E-state index contributed by atoms with van der Waals surface area (Å²) < 4.78 is 33.0. The van der Waals surface area contributed by atoms with Gasteiger partial charge in [0, 0.05) is 13.0 Å². The molecule has 0 aromatic heterocycles. The Bertz CT molecular complexity index is 1050. The first kappa shape index (κ1) is 50.7. The monoisotopic (exact) mass is 766 g/mol. The predicted molar refractivity (Wildman–Crippen MR) is 220 cm³/mol. The Morgan fingerprint density at radius 2 is 1.25 bits per heavy atom. The number of aliphatic hydroxyl groups is 1. The fourth-order valence-corrected chi connectivity index (χ4v) is 5.91. The highest BCUT2D eigenvalue weighted by molar-refractivity contribution is 7.47. The fraction of sp³-hybridized carbons (Fsp3) is 0.698. The first-order valence-electron chi connectivity index (χ1n) is 20.6. The normalized spacial score (nSPS) is 14.8. The van der Waals surface area contributed by atoms with Crippen LogP contribution in [0.5, 0.6) is 0 Å². The molecule has 0 aromatic carbocycles. The van der Waals surface area contributed by atoms with Crippen molar-refractivity contribution in [3.05, 3.63) is 73.1 Å². The van der Waals surface area contributed by atoms with Crippen LogP contribution >= 0.6 is 7.82 Å². The Morgan fingerprint density at radius 3 is 1.92 bits per heavy atom. The quantitative estimate of drug-likeness (QED) is 0.0140. The molecule has 53 heavy (non-hydrogen) atoms. The molecule has 2 unspecified atom stereocenters. The van der Waals surface area contributed by atoms with Gasteiger partial charge in [-0.3, -0.25) is 13.8 Å². The molecule has 0 saturated carbocycles. The third kappa shape index (κ3) is 39.3. The number of carbonyl (C=O) groups is 1. The molecule has 3 atom stereocenters. The molecule has 10 heteroatoms. The maximum absolute atomic E-state index is 12.5. The molecule has 4 N–H and O–H groups in total. The van der Waals surface area contributed by atoms with Gasteiger partial charge in [0.1, 0.15) is 6.61 Å². The maximum Gasteiger partial charge on any atom is 0.472 e. The molecule has 0 heterocycles. The van der Waals surface area contributed by atoms with E-state index in [4.69, 9.17) is 24.3 Å². The van der Waals surface area contributed by atoms with Crippen molar-refractivity contribution in [2.45, 2.75) is 167 Å². The molecule has 0 rings (SSSR count). The van der Waals surface area contributed by atoms with Gasteiger partial charge in [0.2, 0.25) is 0 Å². The fourth-order valence-electron chi connectivity index (χ4n) is 5.15. The summed E-state index contributed by atoms with van der Waals surface area (Å²) in [5.41, 5.74) is 5.34. The smallest absolute Gasteiger partial charge is 0.472 e. The number of unbranched alkanes of at least 4 members (excludes halogenated alkanes) is 15. The number of nitrogens with two attached hydrogens (primary N) is 1. The number of carbonyl (C=O) groups excluding carboxylic acids is 1. The van der Waals surface area contributed by atoms with Crippen molar-refractivity contribution in [1.29, 1.82) is 0 Å². The Hall–Kier alpha value is -2.26. The van der Waals surface area contributed by atoms with Crippen molar-refractivity contribution in [2.24, 2.45) is 5.73 Å². The van der Waals surface area contributed by atoms with Crippen molar-refractivity contribution >= 4 is 13.8 Å². The number of hydrogen-bond donors (Lipinski definition) is 3. The van der Waals surface area contributed by atoms with Gasteiger partial charge in [0.15, 0.2) is 6.10 Å². The number of allylic oxidation sites excluding steroid dienone is 9. The van der Waals surface area contributed by atoms with Crippen LogP contribution in [0.25, 0.3) is 0 Å². The van der Waals surface area contributed by atoms with Gasteiger partial charge in [0.05, 0.1) is 25.6 Å². The molecular formula is C43H76NO8P. The van der Waals surface area contributed by atoms with Crippen LogP contribution in [-0.4, -0.2) is 54.5 Å². The second-order valence-corrected chi connectivity index (χ2v) is 14.9. The lowest BCUT2D eigenvalue weighted by molar-refractivity contribution is -0.153.